The molecule has 8 nitrogen and oxygen atoms in total. The molecule has 2 atom stereocenters. The van der Waals surface area contributed by atoms with Crippen LogP contribution in [0.5, 0.6) is 0 Å². The quantitative estimate of drug-likeness (QED) is 0.601. The second kappa shape index (κ2) is 9.03. The first-order valence-corrected chi connectivity index (χ1v) is 10.5. The van der Waals surface area contributed by atoms with Gasteiger partial charge in [-0.2, -0.15) is 0 Å². The standard InChI is InChI=1S/C23H28N4O4/c1-14-10-20(31-25-14)8-9-27-13-19(28)11-21(27)23(29)24-12-17-4-6-18(7-5-17)22-15(2)26-30-16(22)3/h4-7,10,19,21,28H,8-9,11-13H2,1-3H3,(H,24,29)/t19-,21+/m1/s1. The molecule has 1 aromatic carbocycles. The molecule has 3 aromatic rings. The lowest BCUT2D eigenvalue weighted by atomic mass is 10.0. The molecule has 4 rings (SSSR count). The van der Waals surface area contributed by atoms with E-state index in [0.717, 1.165) is 39.6 Å². The Kier molecular flexibility index (Phi) is 6.20. The molecule has 1 aliphatic rings. The fourth-order valence-electron chi connectivity index (χ4n) is 4.18. The van der Waals surface area contributed by atoms with Gasteiger partial charge in [-0.05, 0) is 38.3 Å². The second-order valence-corrected chi connectivity index (χ2v) is 8.20. The van der Waals surface area contributed by atoms with Gasteiger partial charge < -0.3 is 19.5 Å². The summed E-state index contributed by atoms with van der Waals surface area (Å²) in [7, 11) is 0. The van der Waals surface area contributed by atoms with Gasteiger partial charge in [-0.15, -0.1) is 0 Å². The van der Waals surface area contributed by atoms with Crippen molar-refractivity contribution >= 4 is 5.91 Å². The zero-order chi connectivity index (χ0) is 22.0. The molecule has 0 unspecified atom stereocenters. The molecule has 1 aliphatic heterocycles. The summed E-state index contributed by atoms with van der Waals surface area (Å²) in [5.41, 5.74) is 4.75. The maximum absolute atomic E-state index is 12.8. The molecular weight excluding hydrogens is 396 g/mol. The summed E-state index contributed by atoms with van der Waals surface area (Å²) in [6.45, 7) is 7.25. The summed E-state index contributed by atoms with van der Waals surface area (Å²) in [6, 6.07) is 9.57. The molecule has 0 bridgehead atoms. The highest BCUT2D eigenvalue weighted by molar-refractivity contribution is 5.82. The van der Waals surface area contributed by atoms with Gasteiger partial charge in [0, 0.05) is 37.7 Å². The maximum atomic E-state index is 12.8. The molecule has 0 aliphatic carbocycles. The number of aryl methyl sites for hydroxylation is 3. The fourth-order valence-corrected chi connectivity index (χ4v) is 4.18. The predicted octanol–water partition coefficient (Wildman–Crippen LogP) is 2.55. The van der Waals surface area contributed by atoms with E-state index in [1.807, 2.05) is 56.0 Å². The van der Waals surface area contributed by atoms with Gasteiger partial charge in [0.1, 0.15) is 11.5 Å². The number of aliphatic hydroxyl groups is 1. The van der Waals surface area contributed by atoms with Crippen molar-refractivity contribution in [2.75, 3.05) is 13.1 Å². The molecule has 31 heavy (non-hydrogen) atoms. The Labute approximate surface area is 181 Å². The molecule has 1 fully saturated rings. The summed E-state index contributed by atoms with van der Waals surface area (Å²) in [5.74, 6) is 1.51. The Morgan fingerprint density at radius 2 is 1.97 bits per heavy atom. The highest BCUT2D eigenvalue weighted by atomic mass is 16.5. The summed E-state index contributed by atoms with van der Waals surface area (Å²) in [6.07, 6.45) is 0.591. The minimum Gasteiger partial charge on any atom is -0.392 e. The Hall–Kier alpha value is -2.97. The number of likely N-dealkylation sites (tertiary alicyclic amines) is 1. The van der Waals surface area contributed by atoms with E-state index in [4.69, 9.17) is 9.05 Å². The number of carbonyl (C=O) groups is 1. The zero-order valence-corrected chi connectivity index (χ0v) is 18.1. The molecule has 1 saturated heterocycles. The SMILES string of the molecule is Cc1cc(CCN2C[C@H](O)C[C@H]2C(=O)NCc2ccc(-c3c(C)noc3C)cc2)on1. The van der Waals surface area contributed by atoms with Crippen molar-refractivity contribution in [2.24, 2.45) is 0 Å². The first-order chi connectivity index (χ1) is 14.9. The molecule has 3 heterocycles. The molecule has 0 saturated carbocycles. The van der Waals surface area contributed by atoms with E-state index in [9.17, 15) is 9.90 Å². The van der Waals surface area contributed by atoms with Crippen LogP contribution in [0, 0.1) is 20.8 Å². The van der Waals surface area contributed by atoms with Gasteiger partial charge in [0.2, 0.25) is 5.91 Å². The van der Waals surface area contributed by atoms with Crippen LogP contribution in [0.1, 0.15) is 34.9 Å². The minimum atomic E-state index is -0.499. The van der Waals surface area contributed by atoms with Gasteiger partial charge in [0.15, 0.2) is 0 Å². The number of β-amino-alcohol motifs (C(OH)–C–C–N with tert-alkyl or cyclic N) is 1. The van der Waals surface area contributed by atoms with Crippen LogP contribution in [0.4, 0.5) is 0 Å². The molecule has 0 radical (unpaired) electrons. The van der Waals surface area contributed by atoms with Crippen LogP contribution in [0.2, 0.25) is 0 Å². The van der Waals surface area contributed by atoms with E-state index in [0.29, 0.717) is 32.5 Å². The molecule has 1 amide bonds. The van der Waals surface area contributed by atoms with E-state index < -0.39 is 6.10 Å². The number of rotatable bonds is 7. The van der Waals surface area contributed by atoms with E-state index in [1.165, 1.54) is 0 Å². The average molecular weight is 425 g/mol. The first-order valence-electron chi connectivity index (χ1n) is 10.5. The second-order valence-electron chi connectivity index (χ2n) is 8.20. The fraction of sp³-hybridized carbons (Fsp3) is 0.435. The predicted molar refractivity (Wildman–Crippen MR) is 114 cm³/mol. The van der Waals surface area contributed by atoms with Crippen LogP contribution in [0.3, 0.4) is 0 Å². The Morgan fingerprint density at radius 3 is 2.61 bits per heavy atom. The summed E-state index contributed by atoms with van der Waals surface area (Å²) in [4.78, 5) is 14.8. The lowest BCUT2D eigenvalue weighted by Crippen LogP contribution is -2.43. The average Bonchev–Trinajstić information content (AvgIpc) is 3.43. The van der Waals surface area contributed by atoms with Crippen molar-refractivity contribution in [3.8, 4) is 11.1 Å². The molecule has 164 valence electrons. The van der Waals surface area contributed by atoms with E-state index in [2.05, 4.69) is 15.6 Å². The molecule has 2 aromatic heterocycles. The lowest BCUT2D eigenvalue weighted by Gasteiger charge is -2.22. The van der Waals surface area contributed by atoms with Crippen LogP contribution in [-0.4, -0.2) is 51.5 Å². The van der Waals surface area contributed by atoms with E-state index in [-0.39, 0.29) is 11.9 Å². The van der Waals surface area contributed by atoms with Crippen molar-refractivity contribution in [3.05, 3.63) is 58.8 Å². The first kappa shape index (κ1) is 21.3. The Morgan fingerprint density at radius 1 is 1.19 bits per heavy atom. The van der Waals surface area contributed by atoms with Crippen molar-refractivity contribution in [1.29, 1.82) is 0 Å². The van der Waals surface area contributed by atoms with Crippen LogP contribution >= 0.6 is 0 Å². The Bertz CT molecular complexity index is 1020. The van der Waals surface area contributed by atoms with Crippen molar-refractivity contribution in [2.45, 2.75) is 52.3 Å². The van der Waals surface area contributed by atoms with Gasteiger partial charge in [-0.3, -0.25) is 9.69 Å². The number of hydrogen-bond donors (Lipinski definition) is 2. The van der Waals surface area contributed by atoms with Crippen LogP contribution in [0.25, 0.3) is 11.1 Å². The van der Waals surface area contributed by atoms with Gasteiger partial charge in [-0.25, -0.2) is 0 Å². The monoisotopic (exact) mass is 424 g/mol. The van der Waals surface area contributed by atoms with Crippen LogP contribution in [0.15, 0.2) is 39.4 Å². The molecule has 8 heteroatoms. The van der Waals surface area contributed by atoms with Crippen molar-refractivity contribution < 1.29 is 18.9 Å². The largest absolute Gasteiger partial charge is 0.392 e. The topological polar surface area (TPSA) is 105 Å². The van der Waals surface area contributed by atoms with Crippen LogP contribution in [-0.2, 0) is 17.8 Å². The molecular formula is C23H28N4O4. The zero-order valence-electron chi connectivity index (χ0n) is 18.1. The highest BCUT2D eigenvalue weighted by Gasteiger charge is 2.35. The Balaban J connectivity index is 1.33. The summed E-state index contributed by atoms with van der Waals surface area (Å²) >= 11 is 0. The number of aromatic nitrogens is 2. The number of benzene rings is 1. The third kappa shape index (κ3) is 4.86. The number of carbonyl (C=O) groups excluding carboxylic acids is 1. The van der Waals surface area contributed by atoms with Crippen molar-refractivity contribution in [1.82, 2.24) is 20.5 Å². The smallest absolute Gasteiger partial charge is 0.237 e. The highest BCUT2D eigenvalue weighted by Crippen LogP contribution is 2.27. The van der Waals surface area contributed by atoms with E-state index in [1.54, 1.807) is 0 Å². The normalized spacial score (nSPS) is 19.1. The van der Waals surface area contributed by atoms with Gasteiger partial charge in [0.05, 0.1) is 23.5 Å². The van der Waals surface area contributed by atoms with Gasteiger partial charge >= 0.3 is 0 Å². The molecule has 2 N–H and O–H groups in total. The molecule has 0 spiro atoms. The number of hydrogen-bond acceptors (Lipinski definition) is 7. The van der Waals surface area contributed by atoms with Gasteiger partial charge in [-0.1, -0.05) is 34.6 Å². The van der Waals surface area contributed by atoms with Crippen LogP contribution < -0.4 is 5.32 Å². The van der Waals surface area contributed by atoms with Gasteiger partial charge in [0.25, 0.3) is 0 Å². The third-order valence-corrected chi connectivity index (χ3v) is 5.75. The summed E-state index contributed by atoms with van der Waals surface area (Å²) < 4.78 is 10.5. The number of aliphatic hydroxyl groups excluding tert-OH is 1. The maximum Gasteiger partial charge on any atom is 0.237 e. The minimum absolute atomic E-state index is 0.0694. The lowest BCUT2D eigenvalue weighted by molar-refractivity contribution is -0.125. The number of nitrogens with one attached hydrogen (secondary N) is 1. The number of nitrogens with zero attached hydrogens (tertiary/aromatic N) is 3. The third-order valence-electron chi connectivity index (χ3n) is 5.75. The van der Waals surface area contributed by atoms with E-state index >= 15 is 0 Å². The summed E-state index contributed by atoms with van der Waals surface area (Å²) in [5, 5.41) is 21.0. The van der Waals surface area contributed by atoms with Crippen molar-refractivity contribution in [3.63, 3.8) is 0 Å². The number of amides is 1.